The summed E-state index contributed by atoms with van der Waals surface area (Å²) in [6.45, 7) is 0. The molecule has 0 bridgehead atoms. The maximum Gasteiger partial charge on any atom is 0.129 e. The minimum Gasteiger partial charge on any atom is -0.385 e. The molecule has 0 aromatic heterocycles. The summed E-state index contributed by atoms with van der Waals surface area (Å²) in [7, 11) is 0. The standard InChI is InChI=1S/C9H8F2O/c10-6-1-2-8(11)7(5-6)9(12)3-4-9/h1-2,5,12H,3-4H2. The van der Waals surface area contributed by atoms with E-state index in [0.717, 1.165) is 18.2 Å². The molecule has 0 heterocycles. The Kier molecular flexibility index (Phi) is 1.45. The molecule has 3 heteroatoms. The molecular weight excluding hydrogens is 162 g/mol. The molecule has 0 amide bonds. The van der Waals surface area contributed by atoms with E-state index >= 15 is 0 Å². The second kappa shape index (κ2) is 2.26. The van der Waals surface area contributed by atoms with Crippen molar-refractivity contribution in [3.63, 3.8) is 0 Å². The molecule has 1 aliphatic carbocycles. The first-order chi connectivity index (χ1) is 5.62. The van der Waals surface area contributed by atoms with Crippen molar-refractivity contribution in [2.24, 2.45) is 0 Å². The van der Waals surface area contributed by atoms with E-state index in [1.807, 2.05) is 0 Å². The zero-order valence-electron chi connectivity index (χ0n) is 6.35. The van der Waals surface area contributed by atoms with E-state index in [4.69, 9.17) is 0 Å². The van der Waals surface area contributed by atoms with Crippen LogP contribution in [0.15, 0.2) is 18.2 Å². The third-order valence-corrected chi connectivity index (χ3v) is 2.15. The first-order valence-corrected chi connectivity index (χ1v) is 3.80. The van der Waals surface area contributed by atoms with Crippen LogP contribution in [0.4, 0.5) is 8.78 Å². The van der Waals surface area contributed by atoms with Crippen LogP contribution in [0.2, 0.25) is 0 Å². The van der Waals surface area contributed by atoms with Gasteiger partial charge in [-0.3, -0.25) is 0 Å². The Morgan fingerprint density at radius 1 is 1.25 bits per heavy atom. The zero-order valence-corrected chi connectivity index (χ0v) is 6.35. The Balaban J connectivity index is 2.48. The fraction of sp³-hybridized carbons (Fsp3) is 0.333. The second-order valence-electron chi connectivity index (χ2n) is 3.16. The van der Waals surface area contributed by atoms with Crippen LogP contribution < -0.4 is 0 Å². The van der Waals surface area contributed by atoms with Crippen molar-refractivity contribution in [1.29, 1.82) is 0 Å². The van der Waals surface area contributed by atoms with Crippen LogP contribution >= 0.6 is 0 Å². The van der Waals surface area contributed by atoms with E-state index in [2.05, 4.69) is 0 Å². The van der Waals surface area contributed by atoms with Crippen molar-refractivity contribution in [2.75, 3.05) is 0 Å². The molecule has 0 saturated heterocycles. The fourth-order valence-corrected chi connectivity index (χ4v) is 1.24. The Labute approximate surface area is 68.6 Å². The normalized spacial score (nSPS) is 19.2. The van der Waals surface area contributed by atoms with Crippen LogP contribution in [-0.2, 0) is 5.60 Å². The summed E-state index contributed by atoms with van der Waals surface area (Å²) >= 11 is 0. The van der Waals surface area contributed by atoms with Crippen LogP contribution in [0.5, 0.6) is 0 Å². The highest BCUT2D eigenvalue weighted by molar-refractivity contribution is 5.29. The Morgan fingerprint density at radius 3 is 2.50 bits per heavy atom. The largest absolute Gasteiger partial charge is 0.385 e. The molecule has 0 radical (unpaired) electrons. The van der Waals surface area contributed by atoms with Crippen LogP contribution in [0.25, 0.3) is 0 Å². The number of benzene rings is 1. The summed E-state index contributed by atoms with van der Waals surface area (Å²) < 4.78 is 25.6. The maximum absolute atomic E-state index is 13.0. The van der Waals surface area contributed by atoms with Gasteiger partial charge in [0.25, 0.3) is 0 Å². The highest BCUT2D eigenvalue weighted by Gasteiger charge is 2.44. The lowest BCUT2D eigenvalue weighted by atomic mass is 10.1. The molecule has 1 aliphatic rings. The van der Waals surface area contributed by atoms with Crippen LogP contribution in [-0.4, -0.2) is 5.11 Å². The summed E-state index contributed by atoms with van der Waals surface area (Å²) in [5.74, 6) is -1.04. The third kappa shape index (κ3) is 1.10. The summed E-state index contributed by atoms with van der Waals surface area (Å²) in [6, 6.07) is 3.15. The SMILES string of the molecule is OC1(c2cc(F)ccc2F)CC1. The maximum atomic E-state index is 13.0. The van der Waals surface area contributed by atoms with Gasteiger partial charge in [-0.25, -0.2) is 8.78 Å². The second-order valence-corrected chi connectivity index (χ2v) is 3.16. The smallest absolute Gasteiger partial charge is 0.129 e. The van der Waals surface area contributed by atoms with Crippen molar-refractivity contribution in [3.05, 3.63) is 35.4 Å². The van der Waals surface area contributed by atoms with Gasteiger partial charge < -0.3 is 5.11 Å². The molecule has 64 valence electrons. The van der Waals surface area contributed by atoms with Gasteiger partial charge in [-0.1, -0.05) is 0 Å². The van der Waals surface area contributed by atoms with Gasteiger partial charge in [-0.2, -0.15) is 0 Å². The van der Waals surface area contributed by atoms with Gasteiger partial charge in [0.2, 0.25) is 0 Å². The van der Waals surface area contributed by atoms with Gasteiger partial charge in [0, 0.05) is 5.56 Å². The molecule has 0 aliphatic heterocycles. The quantitative estimate of drug-likeness (QED) is 0.682. The van der Waals surface area contributed by atoms with E-state index < -0.39 is 17.2 Å². The van der Waals surface area contributed by atoms with E-state index in [0.29, 0.717) is 12.8 Å². The molecule has 1 nitrogen and oxygen atoms in total. The van der Waals surface area contributed by atoms with Gasteiger partial charge >= 0.3 is 0 Å². The first kappa shape index (κ1) is 7.68. The fourth-order valence-electron chi connectivity index (χ4n) is 1.24. The molecule has 1 N–H and O–H groups in total. The Hall–Kier alpha value is -0.960. The Bertz CT molecular complexity index is 318. The molecule has 1 aromatic carbocycles. The molecule has 2 rings (SSSR count). The van der Waals surface area contributed by atoms with Gasteiger partial charge in [0.05, 0.1) is 5.60 Å². The first-order valence-electron chi connectivity index (χ1n) is 3.80. The van der Waals surface area contributed by atoms with Crippen molar-refractivity contribution in [3.8, 4) is 0 Å². The van der Waals surface area contributed by atoms with Crippen molar-refractivity contribution in [1.82, 2.24) is 0 Å². The number of aliphatic hydroxyl groups is 1. The summed E-state index contributed by atoms with van der Waals surface area (Å²) in [5.41, 5.74) is -1.01. The van der Waals surface area contributed by atoms with Crippen molar-refractivity contribution in [2.45, 2.75) is 18.4 Å². The molecule has 1 fully saturated rings. The molecular formula is C9H8F2O. The topological polar surface area (TPSA) is 20.2 Å². The molecule has 1 saturated carbocycles. The molecule has 0 unspecified atom stereocenters. The zero-order chi connectivity index (χ0) is 8.77. The summed E-state index contributed by atoms with van der Waals surface area (Å²) in [4.78, 5) is 0. The van der Waals surface area contributed by atoms with Gasteiger partial charge in [0.15, 0.2) is 0 Å². The number of hydrogen-bond donors (Lipinski definition) is 1. The summed E-state index contributed by atoms with van der Waals surface area (Å²) in [5, 5.41) is 9.50. The van der Waals surface area contributed by atoms with E-state index in [1.54, 1.807) is 0 Å². The number of hydrogen-bond acceptors (Lipinski definition) is 1. The predicted molar refractivity (Wildman–Crippen MR) is 39.5 cm³/mol. The Morgan fingerprint density at radius 2 is 1.92 bits per heavy atom. The summed E-state index contributed by atoms with van der Waals surface area (Å²) in [6.07, 6.45) is 1.04. The highest BCUT2D eigenvalue weighted by atomic mass is 19.1. The van der Waals surface area contributed by atoms with Crippen molar-refractivity contribution >= 4 is 0 Å². The van der Waals surface area contributed by atoms with Crippen LogP contribution in [0.1, 0.15) is 18.4 Å². The molecule has 0 atom stereocenters. The van der Waals surface area contributed by atoms with Gasteiger partial charge in [0.1, 0.15) is 11.6 Å². The average molecular weight is 170 g/mol. The lowest BCUT2D eigenvalue weighted by Gasteiger charge is -2.08. The van der Waals surface area contributed by atoms with E-state index in [-0.39, 0.29) is 5.56 Å². The molecule has 0 spiro atoms. The van der Waals surface area contributed by atoms with E-state index in [1.165, 1.54) is 0 Å². The lowest BCUT2D eigenvalue weighted by Crippen LogP contribution is -2.07. The average Bonchev–Trinajstić information content (AvgIpc) is 2.75. The van der Waals surface area contributed by atoms with E-state index in [9.17, 15) is 13.9 Å². The molecule has 12 heavy (non-hydrogen) atoms. The molecule has 1 aromatic rings. The predicted octanol–water partition coefficient (Wildman–Crippen LogP) is 1.95. The monoisotopic (exact) mass is 170 g/mol. The van der Waals surface area contributed by atoms with Gasteiger partial charge in [-0.15, -0.1) is 0 Å². The van der Waals surface area contributed by atoms with Gasteiger partial charge in [-0.05, 0) is 31.0 Å². The minimum absolute atomic E-state index is 0.0856. The minimum atomic E-state index is -1.09. The van der Waals surface area contributed by atoms with Crippen LogP contribution in [0, 0.1) is 11.6 Å². The third-order valence-electron chi connectivity index (χ3n) is 2.15. The number of halogens is 2. The van der Waals surface area contributed by atoms with Crippen LogP contribution in [0.3, 0.4) is 0 Å². The van der Waals surface area contributed by atoms with Crippen molar-refractivity contribution < 1.29 is 13.9 Å². The highest BCUT2D eigenvalue weighted by Crippen LogP contribution is 2.46. The lowest BCUT2D eigenvalue weighted by molar-refractivity contribution is 0.146. The number of rotatable bonds is 1.